The van der Waals surface area contributed by atoms with Crippen LogP contribution >= 0.6 is 0 Å². The van der Waals surface area contributed by atoms with Crippen LogP contribution in [-0.2, 0) is 5.60 Å². The Bertz CT molecular complexity index is 349. The van der Waals surface area contributed by atoms with Gasteiger partial charge in [0.1, 0.15) is 17.0 Å². The van der Waals surface area contributed by atoms with Crippen molar-refractivity contribution in [1.29, 1.82) is 0 Å². The molecule has 1 fully saturated rings. The molecule has 0 radical (unpaired) electrons. The first-order chi connectivity index (χ1) is 7.22. The summed E-state index contributed by atoms with van der Waals surface area (Å²) in [5.74, 6) is 1.04. The van der Waals surface area contributed by atoms with E-state index in [9.17, 15) is 5.11 Å². The third kappa shape index (κ3) is 1.72. The Kier molecular flexibility index (Phi) is 2.65. The summed E-state index contributed by atoms with van der Waals surface area (Å²) in [7, 11) is 1.61. The van der Waals surface area contributed by atoms with E-state index in [1.165, 1.54) is 0 Å². The number of aromatic nitrogens is 1. The quantitative estimate of drug-likeness (QED) is 0.822. The smallest absolute Gasteiger partial charge is 0.143 e. The van der Waals surface area contributed by atoms with Crippen molar-refractivity contribution in [3.8, 4) is 5.75 Å². The topological polar surface area (TPSA) is 42.4 Å². The van der Waals surface area contributed by atoms with Crippen molar-refractivity contribution in [2.24, 2.45) is 5.92 Å². The number of hydrogen-bond donors (Lipinski definition) is 1. The van der Waals surface area contributed by atoms with E-state index in [-0.39, 0.29) is 0 Å². The molecule has 1 unspecified atom stereocenters. The summed E-state index contributed by atoms with van der Waals surface area (Å²) in [6.45, 7) is 1.99. The van der Waals surface area contributed by atoms with Gasteiger partial charge >= 0.3 is 0 Å². The molecule has 0 saturated heterocycles. The summed E-state index contributed by atoms with van der Waals surface area (Å²) >= 11 is 0. The van der Waals surface area contributed by atoms with Crippen LogP contribution < -0.4 is 4.74 Å². The van der Waals surface area contributed by atoms with Gasteiger partial charge in [0.25, 0.3) is 0 Å². The molecule has 15 heavy (non-hydrogen) atoms. The Labute approximate surface area is 90.1 Å². The van der Waals surface area contributed by atoms with Gasteiger partial charge < -0.3 is 9.84 Å². The van der Waals surface area contributed by atoms with E-state index in [4.69, 9.17) is 4.74 Å². The van der Waals surface area contributed by atoms with E-state index in [0.717, 1.165) is 12.8 Å². The number of aliphatic hydroxyl groups is 1. The van der Waals surface area contributed by atoms with Gasteiger partial charge in [-0.25, -0.2) is 0 Å². The average molecular weight is 207 g/mol. The van der Waals surface area contributed by atoms with Crippen LogP contribution in [-0.4, -0.2) is 17.2 Å². The molecule has 1 atom stereocenters. The predicted octanol–water partition coefficient (Wildman–Crippen LogP) is 2.10. The van der Waals surface area contributed by atoms with Crippen LogP contribution in [0.25, 0.3) is 0 Å². The first kappa shape index (κ1) is 10.4. The summed E-state index contributed by atoms with van der Waals surface area (Å²) in [4.78, 5) is 4.28. The van der Waals surface area contributed by atoms with Gasteiger partial charge in [-0.3, -0.25) is 4.98 Å². The highest BCUT2D eigenvalue weighted by Crippen LogP contribution is 2.49. The Balaban J connectivity index is 2.41. The molecule has 3 nitrogen and oxygen atoms in total. The van der Waals surface area contributed by atoms with E-state index in [1.807, 2.05) is 19.1 Å². The lowest BCUT2D eigenvalue weighted by molar-refractivity contribution is 0.00238. The van der Waals surface area contributed by atoms with Gasteiger partial charge in [0, 0.05) is 6.20 Å². The molecular weight excluding hydrogens is 190 g/mol. The first-order valence-corrected chi connectivity index (χ1v) is 5.44. The van der Waals surface area contributed by atoms with Crippen molar-refractivity contribution in [1.82, 2.24) is 4.98 Å². The zero-order valence-corrected chi connectivity index (χ0v) is 9.23. The highest BCUT2D eigenvalue weighted by Gasteiger charge is 2.46. The van der Waals surface area contributed by atoms with E-state index in [1.54, 1.807) is 13.3 Å². The molecule has 0 spiro atoms. The highest BCUT2D eigenvalue weighted by molar-refractivity contribution is 5.33. The predicted molar refractivity (Wildman–Crippen MR) is 57.7 cm³/mol. The monoisotopic (exact) mass is 207 g/mol. The zero-order chi connectivity index (χ0) is 10.9. The molecule has 1 aromatic rings. The van der Waals surface area contributed by atoms with Crippen molar-refractivity contribution in [2.45, 2.75) is 31.8 Å². The molecule has 1 saturated carbocycles. The van der Waals surface area contributed by atoms with Gasteiger partial charge in [0.05, 0.1) is 7.11 Å². The van der Waals surface area contributed by atoms with Gasteiger partial charge in [-0.05, 0) is 37.3 Å². The molecule has 1 aliphatic rings. The minimum atomic E-state index is -0.799. The Morgan fingerprint density at radius 2 is 2.33 bits per heavy atom. The van der Waals surface area contributed by atoms with Crippen molar-refractivity contribution in [3.05, 3.63) is 24.0 Å². The van der Waals surface area contributed by atoms with Crippen LogP contribution in [0.5, 0.6) is 5.75 Å². The number of pyridine rings is 1. The fourth-order valence-electron chi connectivity index (χ4n) is 2.09. The third-order valence-electron chi connectivity index (χ3n) is 3.19. The third-order valence-corrected chi connectivity index (χ3v) is 3.19. The van der Waals surface area contributed by atoms with Gasteiger partial charge in [-0.1, -0.05) is 6.92 Å². The van der Waals surface area contributed by atoms with E-state index < -0.39 is 5.60 Å². The van der Waals surface area contributed by atoms with Gasteiger partial charge in [-0.15, -0.1) is 0 Å². The molecule has 0 amide bonds. The number of rotatable bonds is 4. The fraction of sp³-hybridized carbons (Fsp3) is 0.583. The first-order valence-electron chi connectivity index (χ1n) is 5.44. The summed E-state index contributed by atoms with van der Waals surface area (Å²) in [6, 6.07) is 3.68. The molecule has 1 N–H and O–H groups in total. The minimum absolute atomic E-state index is 0.353. The second kappa shape index (κ2) is 3.81. The molecule has 0 aromatic carbocycles. The van der Waals surface area contributed by atoms with Gasteiger partial charge in [-0.2, -0.15) is 0 Å². The maximum Gasteiger partial charge on any atom is 0.143 e. The van der Waals surface area contributed by atoms with Gasteiger partial charge in [0.15, 0.2) is 0 Å². The molecule has 1 heterocycles. The summed E-state index contributed by atoms with van der Waals surface area (Å²) in [5.41, 5.74) is -0.107. The zero-order valence-electron chi connectivity index (χ0n) is 9.23. The number of hydrogen-bond acceptors (Lipinski definition) is 3. The van der Waals surface area contributed by atoms with Crippen molar-refractivity contribution in [3.63, 3.8) is 0 Å². The fourth-order valence-corrected chi connectivity index (χ4v) is 2.09. The SMILES string of the molecule is CCC(O)(c1ncccc1OC)C1CC1. The molecule has 0 aliphatic heterocycles. The minimum Gasteiger partial charge on any atom is -0.495 e. The van der Waals surface area contributed by atoms with Crippen LogP contribution in [0.3, 0.4) is 0 Å². The van der Waals surface area contributed by atoms with Crippen LogP contribution in [0.1, 0.15) is 31.9 Å². The Hall–Kier alpha value is -1.09. The molecule has 82 valence electrons. The highest BCUT2D eigenvalue weighted by atomic mass is 16.5. The van der Waals surface area contributed by atoms with Crippen LogP contribution in [0, 0.1) is 5.92 Å². The maximum absolute atomic E-state index is 10.6. The summed E-state index contributed by atoms with van der Waals surface area (Å²) in [6.07, 6.45) is 4.57. The van der Waals surface area contributed by atoms with Crippen molar-refractivity contribution in [2.75, 3.05) is 7.11 Å². The molecule has 3 heteroatoms. The number of methoxy groups -OCH3 is 1. The van der Waals surface area contributed by atoms with Crippen molar-refractivity contribution >= 4 is 0 Å². The molecule has 0 bridgehead atoms. The lowest BCUT2D eigenvalue weighted by Crippen LogP contribution is -2.29. The molecule has 1 aliphatic carbocycles. The largest absolute Gasteiger partial charge is 0.495 e. The molecular formula is C12H17NO2. The molecule has 1 aromatic heterocycles. The second-order valence-corrected chi connectivity index (χ2v) is 4.11. The number of nitrogens with zero attached hydrogens (tertiary/aromatic N) is 1. The second-order valence-electron chi connectivity index (χ2n) is 4.11. The van der Waals surface area contributed by atoms with E-state index in [2.05, 4.69) is 4.98 Å². The molecule has 2 rings (SSSR count). The standard InChI is InChI=1S/C12H17NO2/c1-3-12(14,9-6-7-9)11-10(15-2)5-4-8-13-11/h4-5,8-9,14H,3,6-7H2,1-2H3. The van der Waals surface area contributed by atoms with Crippen LogP contribution in [0.2, 0.25) is 0 Å². The van der Waals surface area contributed by atoms with Crippen LogP contribution in [0.4, 0.5) is 0 Å². The maximum atomic E-state index is 10.6. The number of ether oxygens (including phenoxy) is 1. The Morgan fingerprint density at radius 1 is 1.60 bits per heavy atom. The summed E-state index contributed by atoms with van der Waals surface area (Å²) < 4.78 is 5.25. The van der Waals surface area contributed by atoms with E-state index in [0.29, 0.717) is 23.8 Å². The average Bonchev–Trinajstić information content (AvgIpc) is 3.12. The van der Waals surface area contributed by atoms with Gasteiger partial charge in [0.2, 0.25) is 0 Å². The van der Waals surface area contributed by atoms with E-state index >= 15 is 0 Å². The lowest BCUT2D eigenvalue weighted by Gasteiger charge is -2.27. The Morgan fingerprint density at radius 3 is 2.87 bits per heavy atom. The van der Waals surface area contributed by atoms with Crippen molar-refractivity contribution < 1.29 is 9.84 Å². The normalized spacial score (nSPS) is 19.7. The lowest BCUT2D eigenvalue weighted by atomic mass is 9.89. The summed E-state index contributed by atoms with van der Waals surface area (Å²) in [5, 5.41) is 10.6. The van der Waals surface area contributed by atoms with Crippen LogP contribution in [0.15, 0.2) is 18.3 Å².